The van der Waals surface area contributed by atoms with Crippen molar-refractivity contribution in [3.63, 3.8) is 0 Å². The summed E-state index contributed by atoms with van der Waals surface area (Å²) in [5, 5.41) is 0. The molecule has 0 saturated carbocycles. The van der Waals surface area contributed by atoms with Gasteiger partial charge in [0.25, 0.3) is 0 Å². The average Bonchev–Trinajstić information content (AvgIpc) is 3.08. The van der Waals surface area contributed by atoms with Crippen LogP contribution >= 0.6 is 0 Å². The number of fused-ring (bicyclic) bond motifs is 1. The molecule has 0 bridgehead atoms. The van der Waals surface area contributed by atoms with Crippen molar-refractivity contribution in [2.45, 2.75) is 6.42 Å². The van der Waals surface area contributed by atoms with Crippen LogP contribution in [0.5, 0.6) is 23.0 Å². The minimum Gasteiger partial charge on any atom is -0.497 e. The van der Waals surface area contributed by atoms with Gasteiger partial charge in [-0.2, -0.15) is 0 Å². The Kier molecular flexibility index (Phi) is 7.51. The highest BCUT2D eigenvalue weighted by Crippen LogP contribution is 2.30. The summed E-state index contributed by atoms with van der Waals surface area (Å²) < 4.78 is 22.3. The predicted molar refractivity (Wildman–Crippen MR) is 123 cm³/mol. The van der Waals surface area contributed by atoms with Gasteiger partial charge in [-0.1, -0.05) is 6.07 Å². The van der Waals surface area contributed by atoms with E-state index >= 15 is 0 Å². The molecule has 0 N–H and O–H groups in total. The molecule has 2 aromatic carbocycles. The Morgan fingerprint density at radius 2 is 1.69 bits per heavy atom. The monoisotopic (exact) mass is 438 g/mol. The summed E-state index contributed by atoms with van der Waals surface area (Å²) in [5.41, 5.74) is 0.928. The van der Waals surface area contributed by atoms with Crippen molar-refractivity contribution < 1.29 is 23.7 Å². The van der Waals surface area contributed by atoms with Crippen molar-refractivity contribution >= 4 is 12.0 Å². The first kappa shape index (κ1) is 22.0. The Morgan fingerprint density at radius 1 is 0.969 bits per heavy atom. The van der Waals surface area contributed by atoms with E-state index in [9.17, 15) is 4.79 Å². The molecule has 1 amide bonds. The second-order valence-corrected chi connectivity index (χ2v) is 7.78. The fourth-order valence-corrected chi connectivity index (χ4v) is 3.71. The standard InChI is InChI=1S/C25H30N2O5/c1-29-21-5-7-22(8-6-21)30-18-15-26-11-13-27(14-12-26)25(28)10-4-20-3-9-23-24(19-20)32-17-2-16-31-23/h3-10,19H,2,11-18H2,1H3. The number of hydrogen-bond donors (Lipinski definition) is 0. The molecule has 32 heavy (non-hydrogen) atoms. The van der Waals surface area contributed by atoms with E-state index in [1.807, 2.05) is 53.4 Å². The fourth-order valence-electron chi connectivity index (χ4n) is 3.71. The molecule has 0 radical (unpaired) electrons. The third-order valence-electron chi connectivity index (χ3n) is 5.61. The van der Waals surface area contributed by atoms with E-state index in [0.29, 0.717) is 32.9 Å². The van der Waals surface area contributed by atoms with Gasteiger partial charge in [-0.05, 0) is 48.0 Å². The van der Waals surface area contributed by atoms with Crippen molar-refractivity contribution in [1.29, 1.82) is 0 Å². The van der Waals surface area contributed by atoms with E-state index < -0.39 is 0 Å². The van der Waals surface area contributed by atoms with E-state index in [1.54, 1.807) is 13.2 Å². The first-order valence-corrected chi connectivity index (χ1v) is 11.1. The topological polar surface area (TPSA) is 60.5 Å². The lowest BCUT2D eigenvalue weighted by Gasteiger charge is -2.34. The molecule has 0 aromatic heterocycles. The van der Waals surface area contributed by atoms with Crippen LogP contribution in [0.1, 0.15) is 12.0 Å². The number of amides is 1. The molecule has 4 rings (SSSR count). The lowest BCUT2D eigenvalue weighted by Crippen LogP contribution is -2.49. The Labute approximate surface area is 189 Å². The summed E-state index contributed by atoms with van der Waals surface area (Å²) in [6, 6.07) is 13.4. The van der Waals surface area contributed by atoms with Crippen LogP contribution in [0, 0.1) is 0 Å². The lowest BCUT2D eigenvalue weighted by molar-refractivity contribution is -0.127. The molecule has 2 aliphatic rings. The zero-order valence-corrected chi connectivity index (χ0v) is 18.5. The predicted octanol–water partition coefficient (Wildman–Crippen LogP) is 3.09. The molecule has 1 fully saturated rings. The minimum atomic E-state index is 0.0336. The van der Waals surface area contributed by atoms with Gasteiger partial charge in [-0.15, -0.1) is 0 Å². The first-order chi connectivity index (χ1) is 15.7. The summed E-state index contributed by atoms with van der Waals surface area (Å²) in [4.78, 5) is 16.8. The summed E-state index contributed by atoms with van der Waals surface area (Å²) >= 11 is 0. The zero-order valence-electron chi connectivity index (χ0n) is 18.5. The quantitative estimate of drug-likeness (QED) is 0.619. The second-order valence-electron chi connectivity index (χ2n) is 7.78. The smallest absolute Gasteiger partial charge is 0.246 e. The molecule has 1 saturated heterocycles. The fraction of sp³-hybridized carbons (Fsp3) is 0.400. The number of carbonyl (C=O) groups excluding carboxylic acids is 1. The molecule has 2 aromatic rings. The van der Waals surface area contributed by atoms with Gasteiger partial charge in [0.2, 0.25) is 5.91 Å². The largest absolute Gasteiger partial charge is 0.497 e. The summed E-state index contributed by atoms with van der Waals surface area (Å²) in [6.07, 6.45) is 4.35. The van der Waals surface area contributed by atoms with Crippen LogP contribution in [0.4, 0.5) is 0 Å². The second kappa shape index (κ2) is 10.9. The lowest BCUT2D eigenvalue weighted by atomic mass is 10.2. The SMILES string of the molecule is COc1ccc(OCCN2CCN(C(=O)C=Cc3ccc4c(c3)OCCCO4)CC2)cc1. The Hall–Kier alpha value is -3.19. The summed E-state index contributed by atoms with van der Waals surface area (Å²) in [6.45, 7) is 5.88. The number of methoxy groups -OCH3 is 1. The molecule has 0 atom stereocenters. The normalized spacial score (nSPS) is 16.6. The maximum Gasteiger partial charge on any atom is 0.246 e. The third kappa shape index (κ3) is 5.95. The van der Waals surface area contributed by atoms with E-state index in [-0.39, 0.29) is 5.91 Å². The summed E-state index contributed by atoms with van der Waals surface area (Å²) in [7, 11) is 1.65. The Bertz CT molecular complexity index is 920. The molecule has 0 unspecified atom stereocenters. The number of nitrogens with zero attached hydrogens (tertiary/aromatic N) is 2. The van der Waals surface area contributed by atoms with Crippen LogP contribution in [0.15, 0.2) is 48.5 Å². The van der Waals surface area contributed by atoms with Crippen LogP contribution < -0.4 is 18.9 Å². The van der Waals surface area contributed by atoms with Crippen molar-refractivity contribution in [2.24, 2.45) is 0 Å². The molecule has 7 heteroatoms. The van der Waals surface area contributed by atoms with Gasteiger partial charge >= 0.3 is 0 Å². The van der Waals surface area contributed by atoms with Crippen molar-refractivity contribution in [2.75, 3.05) is 59.7 Å². The van der Waals surface area contributed by atoms with Gasteiger partial charge in [0.1, 0.15) is 18.1 Å². The molecule has 2 aliphatic heterocycles. The highest BCUT2D eigenvalue weighted by molar-refractivity contribution is 5.92. The van der Waals surface area contributed by atoms with Gasteiger partial charge in [-0.3, -0.25) is 9.69 Å². The van der Waals surface area contributed by atoms with Crippen LogP contribution in [0.3, 0.4) is 0 Å². The molecule has 170 valence electrons. The van der Waals surface area contributed by atoms with Crippen molar-refractivity contribution in [3.8, 4) is 23.0 Å². The third-order valence-corrected chi connectivity index (χ3v) is 5.61. The maximum absolute atomic E-state index is 12.6. The molecule has 0 spiro atoms. The van der Waals surface area contributed by atoms with Gasteiger partial charge in [0.15, 0.2) is 11.5 Å². The van der Waals surface area contributed by atoms with Gasteiger partial charge in [-0.25, -0.2) is 0 Å². The summed E-state index contributed by atoms with van der Waals surface area (Å²) in [5.74, 6) is 3.18. The molecular weight excluding hydrogens is 408 g/mol. The molecule has 7 nitrogen and oxygen atoms in total. The average molecular weight is 439 g/mol. The Balaban J connectivity index is 1.20. The van der Waals surface area contributed by atoms with Gasteiger partial charge in [0, 0.05) is 45.2 Å². The van der Waals surface area contributed by atoms with Gasteiger partial charge in [0.05, 0.1) is 20.3 Å². The van der Waals surface area contributed by atoms with E-state index in [0.717, 1.165) is 54.6 Å². The van der Waals surface area contributed by atoms with Crippen LogP contribution in [0.25, 0.3) is 6.08 Å². The highest BCUT2D eigenvalue weighted by atomic mass is 16.5. The molecule has 2 heterocycles. The number of piperazine rings is 1. The van der Waals surface area contributed by atoms with Gasteiger partial charge < -0.3 is 23.8 Å². The van der Waals surface area contributed by atoms with E-state index in [2.05, 4.69) is 4.90 Å². The molecular formula is C25H30N2O5. The van der Waals surface area contributed by atoms with Crippen LogP contribution in [-0.2, 0) is 4.79 Å². The number of rotatable bonds is 7. The number of benzene rings is 2. The van der Waals surface area contributed by atoms with Crippen molar-refractivity contribution in [3.05, 3.63) is 54.1 Å². The van der Waals surface area contributed by atoms with Crippen LogP contribution in [-0.4, -0.2) is 75.4 Å². The number of hydrogen-bond acceptors (Lipinski definition) is 6. The number of carbonyl (C=O) groups is 1. The number of ether oxygens (including phenoxy) is 4. The first-order valence-electron chi connectivity index (χ1n) is 11.1. The highest BCUT2D eigenvalue weighted by Gasteiger charge is 2.19. The van der Waals surface area contributed by atoms with Crippen LogP contribution in [0.2, 0.25) is 0 Å². The minimum absolute atomic E-state index is 0.0336. The van der Waals surface area contributed by atoms with Crippen molar-refractivity contribution in [1.82, 2.24) is 9.80 Å². The maximum atomic E-state index is 12.6. The zero-order chi connectivity index (χ0) is 22.2. The van der Waals surface area contributed by atoms with E-state index in [1.165, 1.54) is 0 Å². The molecule has 0 aliphatic carbocycles. The Morgan fingerprint density at radius 3 is 2.44 bits per heavy atom. The van der Waals surface area contributed by atoms with E-state index in [4.69, 9.17) is 18.9 Å².